The molecule has 0 aromatic carbocycles. The van der Waals surface area contributed by atoms with Crippen LogP contribution < -0.4 is 0 Å². The molecule has 0 bridgehead atoms. The molecule has 0 amide bonds. The summed E-state index contributed by atoms with van der Waals surface area (Å²) in [5, 5.41) is 22.3. The van der Waals surface area contributed by atoms with Gasteiger partial charge in [0, 0.05) is 0 Å². The molecular formula is C19H33NO2. The van der Waals surface area contributed by atoms with Gasteiger partial charge in [0.05, 0.1) is 11.4 Å². The lowest BCUT2D eigenvalue weighted by Gasteiger charge is -2.39. The summed E-state index contributed by atoms with van der Waals surface area (Å²) in [4.78, 5) is 4.70. The molecule has 3 nitrogen and oxygen atoms in total. The van der Waals surface area contributed by atoms with Gasteiger partial charge in [0.15, 0.2) is 0 Å². The van der Waals surface area contributed by atoms with Crippen LogP contribution in [-0.4, -0.2) is 15.2 Å². The molecule has 1 aromatic rings. The van der Waals surface area contributed by atoms with Crippen molar-refractivity contribution in [2.45, 2.75) is 66.6 Å². The number of aromatic nitrogens is 1. The first-order valence-corrected chi connectivity index (χ1v) is 8.41. The van der Waals surface area contributed by atoms with Crippen LogP contribution in [0.1, 0.15) is 66.8 Å². The first-order chi connectivity index (χ1) is 9.98. The van der Waals surface area contributed by atoms with E-state index >= 15 is 0 Å². The third-order valence-corrected chi connectivity index (χ3v) is 5.09. The minimum atomic E-state index is -0.995. The minimum Gasteiger partial charge on any atom is -0.383 e. The number of pyridine rings is 1. The maximum absolute atomic E-state index is 11.2. The van der Waals surface area contributed by atoms with E-state index in [2.05, 4.69) is 0 Å². The number of hydrogen-bond acceptors (Lipinski definition) is 3. The lowest BCUT2D eigenvalue weighted by atomic mass is 9.75. The molecule has 126 valence electrons. The molecule has 1 aromatic heterocycles. The average molecular weight is 307 g/mol. The van der Waals surface area contributed by atoms with Crippen molar-refractivity contribution in [2.24, 2.45) is 23.7 Å². The Hall–Kier alpha value is -0.930. The van der Waals surface area contributed by atoms with Crippen molar-refractivity contribution >= 4 is 0 Å². The predicted molar refractivity (Wildman–Crippen MR) is 91.4 cm³/mol. The topological polar surface area (TPSA) is 53.4 Å². The van der Waals surface area contributed by atoms with Crippen LogP contribution in [-0.2, 0) is 11.2 Å². The molecule has 0 spiro atoms. The molecule has 0 aliphatic heterocycles. The maximum Gasteiger partial charge on any atom is 0.111 e. The highest BCUT2D eigenvalue weighted by Crippen LogP contribution is 2.39. The van der Waals surface area contributed by atoms with Crippen molar-refractivity contribution in [3.05, 3.63) is 29.6 Å². The van der Waals surface area contributed by atoms with Crippen molar-refractivity contribution in [2.75, 3.05) is 0 Å². The van der Waals surface area contributed by atoms with E-state index in [0.717, 1.165) is 0 Å². The highest BCUT2D eigenvalue weighted by molar-refractivity contribution is 5.23. The van der Waals surface area contributed by atoms with Crippen molar-refractivity contribution in [1.82, 2.24) is 4.98 Å². The van der Waals surface area contributed by atoms with E-state index in [4.69, 9.17) is 4.98 Å². The summed E-state index contributed by atoms with van der Waals surface area (Å²) in [6.45, 7) is 16.0. The van der Waals surface area contributed by atoms with Crippen LogP contribution in [0.5, 0.6) is 0 Å². The number of hydrogen-bond donors (Lipinski definition) is 2. The van der Waals surface area contributed by atoms with E-state index in [0.29, 0.717) is 11.4 Å². The molecule has 1 rings (SSSR count). The van der Waals surface area contributed by atoms with Gasteiger partial charge in [0.25, 0.3) is 0 Å². The molecule has 0 saturated heterocycles. The van der Waals surface area contributed by atoms with Crippen LogP contribution in [0.4, 0.5) is 0 Å². The summed E-state index contributed by atoms with van der Waals surface area (Å²) in [6.07, 6.45) is 0. The molecule has 1 heterocycles. The zero-order valence-electron chi connectivity index (χ0n) is 15.4. The highest BCUT2D eigenvalue weighted by atomic mass is 16.3. The zero-order valence-corrected chi connectivity index (χ0v) is 15.4. The summed E-state index contributed by atoms with van der Waals surface area (Å²) in [5.74, 6) is 0.172. The van der Waals surface area contributed by atoms with Crippen LogP contribution >= 0.6 is 0 Å². The van der Waals surface area contributed by atoms with Gasteiger partial charge in [0.2, 0.25) is 0 Å². The number of aliphatic hydroxyl groups is 2. The molecule has 2 N–H and O–H groups in total. The van der Waals surface area contributed by atoms with E-state index in [1.165, 1.54) is 0 Å². The van der Waals surface area contributed by atoms with Crippen LogP contribution in [0.25, 0.3) is 0 Å². The molecule has 0 radical (unpaired) electrons. The first-order valence-electron chi connectivity index (χ1n) is 8.41. The van der Waals surface area contributed by atoms with Crippen LogP contribution in [0.2, 0.25) is 0 Å². The van der Waals surface area contributed by atoms with E-state index in [1.54, 1.807) is 0 Å². The Balaban J connectivity index is 3.47. The van der Waals surface area contributed by atoms with E-state index < -0.39 is 11.2 Å². The minimum absolute atomic E-state index is 0.0430. The van der Waals surface area contributed by atoms with E-state index in [9.17, 15) is 10.2 Å². The monoisotopic (exact) mass is 307 g/mol. The summed E-state index contributed by atoms with van der Waals surface area (Å²) >= 11 is 0. The second kappa shape index (κ2) is 6.67. The predicted octanol–water partition coefficient (Wildman–Crippen LogP) is 4.08. The van der Waals surface area contributed by atoms with E-state index in [-0.39, 0.29) is 23.7 Å². The van der Waals surface area contributed by atoms with Crippen molar-refractivity contribution in [1.29, 1.82) is 0 Å². The summed E-state index contributed by atoms with van der Waals surface area (Å²) < 4.78 is 0. The van der Waals surface area contributed by atoms with Gasteiger partial charge in [-0.3, -0.25) is 4.98 Å². The zero-order chi connectivity index (χ0) is 17.3. The largest absolute Gasteiger partial charge is 0.383 e. The van der Waals surface area contributed by atoms with Crippen molar-refractivity contribution in [3.63, 3.8) is 0 Å². The molecule has 0 unspecified atom stereocenters. The van der Waals surface area contributed by atoms with Gasteiger partial charge in [-0.25, -0.2) is 0 Å². The first kappa shape index (κ1) is 19.1. The van der Waals surface area contributed by atoms with Crippen LogP contribution in [0.15, 0.2) is 18.2 Å². The van der Waals surface area contributed by atoms with E-state index in [1.807, 2.05) is 73.6 Å². The summed E-state index contributed by atoms with van der Waals surface area (Å²) in [6, 6.07) is 5.62. The fraction of sp³-hybridized carbons (Fsp3) is 0.737. The average Bonchev–Trinajstić information content (AvgIpc) is 2.44. The fourth-order valence-electron chi connectivity index (χ4n) is 3.40. The van der Waals surface area contributed by atoms with Crippen LogP contribution in [0.3, 0.4) is 0 Å². The Morgan fingerprint density at radius 1 is 0.682 bits per heavy atom. The normalized spacial score (nSPS) is 13.7. The second-order valence-corrected chi connectivity index (χ2v) is 7.68. The molecule has 0 atom stereocenters. The lowest BCUT2D eigenvalue weighted by Crippen LogP contribution is -2.42. The standard InChI is InChI=1S/C19H33NO2/c1-12(2)18(21,13(3)4)16-10-9-11-17(20-16)19(22,14(5)6)15(7)8/h9-15,21-22H,1-8H3. The van der Waals surface area contributed by atoms with Gasteiger partial charge in [-0.2, -0.15) is 0 Å². The highest BCUT2D eigenvalue weighted by Gasteiger charge is 2.41. The Kier molecular flexibility index (Phi) is 5.80. The second-order valence-electron chi connectivity index (χ2n) is 7.68. The molecule has 3 heteroatoms. The summed E-state index contributed by atoms with van der Waals surface area (Å²) in [5.41, 5.74) is -0.695. The molecular weight excluding hydrogens is 274 g/mol. The quantitative estimate of drug-likeness (QED) is 0.832. The van der Waals surface area contributed by atoms with Crippen molar-refractivity contribution < 1.29 is 10.2 Å². The van der Waals surface area contributed by atoms with Gasteiger partial charge in [-0.15, -0.1) is 0 Å². The third kappa shape index (κ3) is 3.07. The summed E-state index contributed by atoms with van der Waals surface area (Å²) in [7, 11) is 0. The maximum atomic E-state index is 11.2. The molecule has 0 aliphatic carbocycles. The smallest absolute Gasteiger partial charge is 0.111 e. The van der Waals surface area contributed by atoms with Gasteiger partial charge in [0.1, 0.15) is 11.2 Å². The Bertz CT molecular complexity index is 435. The van der Waals surface area contributed by atoms with Gasteiger partial charge >= 0.3 is 0 Å². The Labute approximate surface area is 135 Å². The van der Waals surface area contributed by atoms with Crippen LogP contribution in [0, 0.1) is 23.7 Å². The Morgan fingerprint density at radius 3 is 1.18 bits per heavy atom. The molecule has 22 heavy (non-hydrogen) atoms. The lowest BCUT2D eigenvalue weighted by molar-refractivity contribution is -0.0666. The molecule has 0 aliphatic rings. The molecule has 0 fully saturated rings. The van der Waals surface area contributed by atoms with Gasteiger partial charge in [-0.05, 0) is 35.8 Å². The number of rotatable bonds is 6. The number of nitrogens with zero attached hydrogens (tertiary/aromatic N) is 1. The van der Waals surface area contributed by atoms with Crippen molar-refractivity contribution in [3.8, 4) is 0 Å². The van der Waals surface area contributed by atoms with Gasteiger partial charge in [-0.1, -0.05) is 61.5 Å². The Morgan fingerprint density at radius 2 is 0.955 bits per heavy atom. The third-order valence-electron chi connectivity index (χ3n) is 5.09. The SMILES string of the molecule is CC(C)C(O)(c1cccc(C(O)(C(C)C)C(C)C)n1)C(C)C. The fourth-order valence-corrected chi connectivity index (χ4v) is 3.40. The molecule has 0 saturated carbocycles. The van der Waals surface area contributed by atoms with Gasteiger partial charge < -0.3 is 10.2 Å².